The van der Waals surface area contributed by atoms with E-state index in [1.807, 2.05) is 0 Å². The zero-order valence-electron chi connectivity index (χ0n) is 12.9. The minimum atomic E-state index is -0.902. The molecular weight excluding hydrogens is 315 g/mol. The molecule has 1 aliphatic heterocycles. The normalized spacial score (nSPS) is 17.0. The summed E-state index contributed by atoms with van der Waals surface area (Å²) in [6.07, 6.45) is 3.71. The van der Waals surface area contributed by atoms with Crippen LogP contribution in [0.2, 0.25) is 0 Å². The number of nitrogens with zero attached hydrogens (tertiary/aromatic N) is 3. The molecule has 126 valence electrons. The Hall–Kier alpha value is -2.90. The average molecular weight is 332 g/mol. The van der Waals surface area contributed by atoms with Gasteiger partial charge in [-0.3, -0.25) is 4.79 Å². The molecule has 0 aliphatic carbocycles. The highest BCUT2D eigenvalue weighted by Crippen LogP contribution is 2.19. The van der Waals surface area contributed by atoms with Gasteiger partial charge in [0.1, 0.15) is 5.82 Å². The zero-order valence-corrected chi connectivity index (χ0v) is 12.9. The van der Waals surface area contributed by atoms with Crippen molar-refractivity contribution in [2.45, 2.75) is 13.0 Å². The number of amides is 2. The van der Waals surface area contributed by atoms with Gasteiger partial charge in [0, 0.05) is 37.6 Å². The van der Waals surface area contributed by atoms with Crippen molar-refractivity contribution in [3.63, 3.8) is 0 Å². The van der Waals surface area contributed by atoms with Crippen LogP contribution in [0.25, 0.3) is 5.69 Å². The smallest absolute Gasteiger partial charge is 0.317 e. The van der Waals surface area contributed by atoms with E-state index in [1.165, 1.54) is 15.6 Å². The Morgan fingerprint density at radius 3 is 2.88 bits per heavy atom. The number of aromatic nitrogens is 2. The van der Waals surface area contributed by atoms with E-state index in [9.17, 15) is 14.0 Å². The lowest BCUT2D eigenvalue weighted by Crippen LogP contribution is -2.38. The molecule has 1 aliphatic rings. The first-order valence-corrected chi connectivity index (χ1v) is 7.59. The van der Waals surface area contributed by atoms with Gasteiger partial charge in [0.15, 0.2) is 0 Å². The number of rotatable bonds is 4. The average Bonchev–Trinajstić information content (AvgIpc) is 3.24. The van der Waals surface area contributed by atoms with Crippen LogP contribution in [0.5, 0.6) is 0 Å². The summed E-state index contributed by atoms with van der Waals surface area (Å²) in [5, 5.41) is 15.7. The van der Waals surface area contributed by atoms with E-state index >= 15 is 0 Å². The van der Waals surface area contributed by atoms with Gasteiger partial charge in [0.05, 0.1) is 11.6 Å². The zero-order chi connectivity index (χ0) is 17.1. The van der Waals surface area contributed by atoms with Crippen LogP contribution in [-0.4, -0.2) is 44.9 Å². The number of carbonyl (C=O) groups is 2. The lowest BCUT2D eigenvalue weighted by Gasteiger charge is -2.18. The minimum absolute atomic E-state index is 0.00502. The maximum absolute atomic E-state index is 14.2. The number of nitrogens with one attached hydrogen (secondary N) is 1. The van der Waals surface area contributed by atoms with Gasteiger partial charge in [-0.25, -0.2) is 13.9 Å². The Morgan fingerprint density at radius 1 is 1.38 bits per heavy atom. The van der Waals surface area contributed by atoms with Crippen LogP contribution in [0.4, 0.5) is 9.18 Å². The third-order valence-corrected chi connectivity index (χ3v) is 4.09. The fourth-order valence-corrected chi connectivity index (χ4v) is 2.77. The van der Waals surface area contributed by atoms with Gasteiger partial charge in [0.25, 0.3) is 0 Å². The molecule has 3 rings (SSSR count). The Bertz CT molecular complexity index is 748. The molecule has 2 amide bonds. The summed E-state index contributed by atoms with van der Waals surface area (Å²) in [4.78, 5) is 24.6. The first-order chi connectivity index (χ1) is 11.6. The number of hydrogen-bond donors (Lipinski definition) is 2. The van der Waals surface area contributed by atoms with Crippen LogP contribution in [0.3, 0.4) is 0 Å². The van der Waals surface area contributed by atoms with Gasteiger partial charge in [-0.1, -0.05) is 6.07 Å². The summed E-state index contributed by atoms with van der Waals surface area (Å²) in [7, 11) is 0. The summed E-state index contributed by atoms with van der Waals surface area (Å²) < 4.78 is 15.7. The van der Waals surface area contributed by atoms with E-state index in [0.29, 0.717) is 24.2 Å². The van der Waals surface area contributed by atoms with Crippen molar-refractivity contribution in [3.05, 3.63) is 48.0 Å². The molecule has 0 spiro atoms. The summed E-state index contributed by atoms with van der Waals surface area (Å²) in [6, 6.07) is 5.95. The lowest BCUT2D eigenvalue weighted by molar-refractivity contribution is -0.141. The molecule has 2 aromatic rings. The molecule has 7 nitrogen and oxygen atoms in total. The number of carbonyl (C=O) groups excluding carboxylic acids is 1. The van der Waals surface area contributed by atoms with Crippen molar-refractivity contribution in [2.24, 2.45) is 5.92 Å². The highest BCUT2D eigenvalue weighted by atomic mass is 19.1. The van der Waals surface area contributed by atoms with E-state index in [0.717, 1.165) is 0 Å². The number of likely N-dealkylation sites (tertiary alicyclic amines) is 1. The second-order valence-electron chi connectivity index (χ2n) is 5.62. The predicted octanol–water partition coefficient (Wildman–Crippen LogP) is 1.63. The summed E-state index contributed by atoms with van der Waals surface area (Å²) >= 11 is 0. The largest absolute Gasteiger partial charge is 0.481 e. The van der Waals surface area contributed by atoms with E-state index < -0.39 is 23.7 Å². The monoisotopic (exact) mass is 332 g/mol. The topological polar surface area (TPSA) is 87.5 Å². The van der Waals surface area contributed by atoms with Gasteiger partial charge in [-0.15, -0.1) is 0 Å². The van der Waals surface area contributed by atoms with Crippen LogP contribution >= 0.6 is 0 Å². The predicted molar refractivity (Wildman–Crippen MR) is 83.1 cm³/mol. The molecule has 0 radical (unpaired) electrons. The lowest BCUT2D eigenvalue weighted by atomic mass is 10.1. The molecule has 24 heavy (non-hydrogen) atoms. The van der Waals surface area contributed by atoms with E-state index in [1.54, 1.807) is 30.6 Å². The van der Waals surface area contributed by atoms with Crippen molar-refractivity contribution in [2.75, 3.05) is 13.1 Å². The molecule has 8 heteroatoms. The van der Waals surface area contributed by atoms with E-state index in [-0.39, 0.29) is 13.1 Å². The standard InChI is InChI=1S/C16H17FN4O3/c17-13-3-1-4-14(21-7-2-6-19-21)12(13)9-18-16(24)20-8-5-11(10-20)15(22)23/h1-4,6-7,11H,5,8-10H2,(H,18,24)(H,22,23). The molecule has 1 fully saturated rings. The van der Waals surface area contributed by atoms with Gasteiger partial charge >= 0.3 is 12.0 Å². The number of hydrogen-bond acceptors (Lipinski definition) is 3. The first-order valence-electron chi connectivity index (χ1n) is 7.59. The summed E-state index contributed by atoms with van der Waals surface area (Å²) in [5.74, 6) is -1.88. The summed E-state index contributed by atoms with van der Waals surface area (Å²) in [5.41, 5.74) is 0.869. The van der Waals surface area contributed by atoms with Gasteiger partial charge < -0.3 is 15.3 Å². The van der Waals surface area contributed by atoms with Crippen LogP contribution in [0.1, 0.15) is 12.0 Å². The second kappa shape index (κ2) is 6.69. The second-order valence-corrected chi connectivity index (χ2v) is 5.62. The number of carboxylic acids is 1. The Balaban J connectivity index is 1.69. The van der Waals surface area contributed by atoms with Gasteiger partial charge in [-0.05, 0) is 24.6 Å². The van der Waals surface area contributed by atoms with Crippen molar-refractivity contribution in [3.8, 4) is 5.69 Å². The fraction of sp³-hybridized carbons (Fsp3) is 0.312. The van der Waals surface area contributed by atoms with E-state index in [2.05, 4.69) is 10.4 Å². The Labute approximate surface area is 137 Å². The molecule has 1 unspecified atom stereocenters. The SMILES string of the molecule is O=C(O)C1CCN(C(=O)NCc2c(F)cccc2-n2cccn2)C1. The van der Waals surface area contributed by atoms with Gasteiger partial charge in [-0.2, -0.15) is 5.10 Å². The molecule has 1 saturated heterocycles. The highest BCUT2D eigenvalue weighted by molar-refractivity contribution is 5.77. The molecule has 1 aromatic heterocycles. The number of benzene rings is 1. The molecule has 0 saturated carbocycles. The number of halogens is 1. The van der Waals surface area contributed by atoms with Crippen LogP contribution in [0, 0.1) is 11.7 Å². The Kier molecular flexibility index (Phi) is 4.45. The highest BCUT2D eigenvalue weighted by Gasteiger charge is 2.30. The number of carboxylic acid groups (broad SMARTS) is 1. The quantitative estimate of drug-likeness (QED) is 0.891. The van der Waals surface area contributed by atoms with Crippen molar-refractivity contribution >= 4 is 12.0 Å². The molecule has 0 bridgehead atoms. The number of aliphatic carboxylic acids is 1. The maximum atomic E-state index is 14.2. The molecular formula is C16H17FN4O3. The third kappa shape index (κ3) is 3.22. The molecule has 2 heterocycles. The molecule has 1 atom stereocenters. The fourth-order valence-electron chi connectivity index (χ4n) is 2.77. The minimum Gasteiger partial charge on any atom is -0.481 e. The van der Waals surface area contributed by atoms with Crippen molar-refractivity contribution in [1.82, 2.24) is 20.0 Å². The van der Waals surface area contributed by atoms with Crippen LogP contribution in [0.15, 0.2) is 36.7 Å². The van der Waals surface area contributed by atoms with Gasteiger partial charge in [0.2, 0.25) is 0 Å². The summed E-state index contributed by atoms with van der Waals surface area (Å²) in [6.45, 7) is 0.547. The third-order valence-electron chi connectivity index (χ3n) is 4.09. The Morgan fingerprint density at radius 2 is 2.21 bits per heavy atom. The molecule has 1 aromatic carbocycles. The van der Waals surface area contributed by atoms with Crippen LogP contribution < -0.4 is 5.32 Å². The van der Waals surface area contributed by atoms with E-state index in [4.69, 9.17) is 5.11 Å². The number of urea groups is 1. The maximum Gasteiger partial charge on any atom is 0.317 e. The van der Waals surface area contributed by atoms with Crippen molar-refractivity contribution in [1.29, 1.82) is 0 Å². The first kappa shape index (κ1) is 16.0. The van der Waals surface area contributed by atoms with Crippen molar-refractivity contribution < 1.29 is 19.1 Å². The molecule has 2 N–H and O–H groups in total. The van der Waals surface area contributed by atoms with Crippen LogP contribution in [-0.2, 0) is 11.3 Å².